The summed E-state index contributed by atoms with van der Waals surface area (Å²) in [6.45, 7) is 2.50. The van der Waals surface area contributed by atoms with Gasteiger partial charge in [0, 0.05) is 30.3 Å². The van der Waals surface area contributed by atoms with Crippen molar-refractivity contribution >= 4 is 23.4 Å². The minimum Gasteiger partial charge on any atom is -0.490 e. The van der Waals surface area contributed by atoms with Gasteiger partial charge in [0.15, 0.2) is 22.5 Å². The van der Waals surface area contributed by atoms with Crippen molar-refractivity contribution in [2.75, 3.05) is 30.9 Å². The molecule has 1 aromatic heterocycles. The molecule has 1 unspecified atom stereocenters. The van der Waals surface area contributed by atoms with Crippen LogP contribution in [0.15, 0.2) is 47.6 Å². The lowest BCUT2D eigenvalue weighted by Crippen LogP contribution is -2.18. The van der Waals surface area contributed by atoms with Crippen LogP contribution in [-0.4, -0.2) is 52.3 Å². The summed E-state index contributed by atoms with van der Waals surface area (Å²) in [5.74, 6) is 1.61. The maximum Gasteiger partial charge on any atom is 0.234 e. The van der Waals surface area contributed by atoms with Crippen molar-refractivity contribution in [1.82, 2.24) is 14.8 Å². The van der Waals surface area contributed by atoms with Crippen molar-refractivity contribution < 1.29 is 23.4 Å². The molecule has 0 aliphatic carbocycles. The van der Waals surface area contributed by atoms with Crippen LogP contribution >= 0.6 is 11.8 Å². The quantitative estimate of drug-likeness (QED) is 0.504. The maximum absolute atomic E-state index is 13.4. The number of carbonyl (C=O) groups excluding carboxylic acids is 1. The van der Waals surface area contributed by atoms with Gasteiger partial charge in [0.25, 0.3) is 0 Å². The number of fused-ring (bicyclic) bond motifs is 1. The number of benzene rings is 2. The van der Waals surface area contributed by atoms with Crippen LogP contribution in [0.1, 0.15) is 19.3 Å². The number of amides is 1. The number of nitrogens with one attached hydrogen (secondary N) is 1. The van der Waals surface area contributed by atoms with Gasteiger partial charge in [0.05, 0.1) is 31.6 Å². The average Bonchev–Trinajstić information content (AvgIpc) is 3.43. The normalized spacial score (nSPS) is 17.4. The Morgan fingerprint density at radius 1 is 1.06 bits per heavy atom. The number of nitrogens with zero attached hydrogens (tertiary/aromatic N) is 3. The minimum atomic E-state index is -0.310. The summed E-state index contributed by atoms with van der Waals surface area (Å²) in [4.78, 5) is 12.7. The summed E-state index contributed by atoms with van der Waals surface area (Å²) in [5, 5.41) is 12.2. The fourth-order valence-electron chi connectivity index (χ4n) is 3.93. The van der Waals surface area contributed by atoms with E-state index < -0.39 is 0 Å². The molecular formula is C24H25FN4O4S. The molecular weight excluding hydrogens is 459 g/mol. The van der Waals surface area contributed by atoms with Crippen LogP contribution in [0.4, 0.5) is 10.1 Å². The van der Waals surface area contributed by atoms with E-state index in [1.54, 1.807) is 30.3 Å². The maximum atomic E-state index is 13.4. The van der Waals surface area contributed by atoms with Crippen molar-refractivity contribution in [3.8, 4) is 22.9 Å². The van der Waals surface area contributed by atoms with Crippen LogP contribution in [0, 0.1) is 5.82 Å². The van der Waals surface area contributed by atoms with Gasteiger partial charge >= 0.3 is 0 Å². The molecule has 3 aromatic rings. The van der Waals surface area contributed by atoms with Gasteiger partial charge in [-0.05, 0) is 49.2 Å². The van der Waals surface area contributed by atoms with E-state index in [1.165, 1.54) is 23.9 Å². The van der Waals surface area contributed by atoms with Crippen molar-refractivity contribution in [2.45, 2.75) is 37.1 Å². The predicted molar refractivity (Wildman–Crippen MR) is 126 cm³/mol. The van der Waals surface area contributed by atoms with Gasteiger partial charge in [0.2, 0.25) is 5.91 Å². The topological polar surface area (TPSA) is 87.5 Å². The molecule has 34 heavy (non-hydrogen) atoms. The molecule has 8 nitrogen and oxygen atoms in total. The number of thioether (sulfide) groups is 1. The van der Waals surface area contributed by atoms with E-state index in [2.05, 4.69) is 15.5 Å². The Morgan fingerprint density at radius 3 is 2.68 bits per heavy atom. The second-order valence-corrected chi connectivity index (χ2v) is 9.05. The van der Waals surface area contributed by atoms with E-state index in [4.69, 9.17) is 14.2 Å². The number of aromatic nitrogens is 3. The number of carbonyl (C=O) groups is 1. The first kappa shape index (κ1) is 22.7. The highest BCUT2D eigenvalue weighted by molar-refractivity contribution is 7.99. The first-order valence-corrected chi connectivity index (χ1v) is 12.3. The number of hydrogen-bond acceptors (Lipinski definition) is 7. The fourth-order valence-corrected chi connectivity index (χ4v) is 4.68. The van der Waals surface area contributed by atoms with Gasteiger partial charge in [0.1, 0.15) is 5.82 Å². The van der Waals surface area contributed by atoms with Crippen LogP contribution in [0.2, 0.25) is 0 Å². The highest BCUT2D eigenvalue weighted by Gasteiger charge is 2.22. The van der Waals surface area contributed by atoms with E-state index >= 15 is 0 Å². The first-order valence-electron chi connectivity index (χ1n) is 11.3. The molecule has 0 bridgehead atoms. The number of anilines is 1. The van der Waals surface area contributed by atoms with E-state index in [1.807, 2.05) is 4.57 Å². The Kier molecular flexibility index (Phi) is 6.96. The van der Waals surface area contributed by atoms with Gasteiger partial charge in [-0.15, -0.1) is 10.2 Å². The lowest BCUT2D eigenvalue weighted by Gasteiger charge is -2.15. The fraction of sp³-hybridized carbons (Fsp3) is 0.375. The smallest absolute Gasteiger partial charge is 0.234 e. The Hall–Kier alpha value is -3.11. The molecule has 1 atom stereocenters. The van der Waals surface area contributed by atoms with Gasteiger partial charge in [-0.3, -0.25) is 9.36 Å². The summed E-state index contributed by atoms with van der Waals surface area (Å²) in [6, 6.07) is 11.5. The van der Waals surface area contributed by atoms with E-state index in [0.717, 1.165) is 31.4 Å². The highest BCUT2D eigenvalue weighted by Crippen LogP contribution is 2.32. The Morgan fingerprint density at radius 2 is 1.88 bits per heavy atom. The molecule has 1 saturated heterocycles. The molecule has 10 heteroatoms. The molecule has 0 radical (unpaired) electrons. The zero-order chi connectivity index (χ0) is 23.3. The lowest BCUT2D eigenvalue weighted by atomic mass is 10.2. The Balaban J connectivity index is 1.28. The van der Waals surface area contributed by atoms with E-state index in [0.29, 0.717) is 47.9 Å². The zero-order valence-corrected chi connectivity index (χ0v) is 19.4. The summed E-state index contributed by atoms with van der Waals surface area (Å²) >= 11 is 1.30. The first-order chi connectivity index (χ1) is 16.7. The molecule has 0 spiro atoms. The average molecular weight is 485 g/mol. The van der Waals surface area contributed by atoms with Crippen LogP contribution in [-0.2, 0) is 16.1 Å². The lowest BCUT2D eigenvalue weighted by molar-refractivity contribution is -0.113. The van der Waals surface area contributed by atoms with Crippen molar-refractivity contribution in [3.05, 3.63) is 48.3 Å². The standard InChI is InChI=1S/C24H25FN4O4S/c25-17-6-4-16(5-7-17)23-27-28-24(29(23)14-19-3-1-10-31-19)34-15-22(30)26-18-8-9-20-21(13-18)33-12-2-11-32-20/h4-9,13,19H,1-3,10-12,14-15H2,(H,26,30). The molecule has 1 amide bonds. The van der Waals surface area contributed by atoms with E-state index in [9.17, 15) is 9.18 Å². The van der Waals surface area contributed by atoms with Gasteiger partial charge < -0.3 is 19.5 Å². The van der Waals surface area contributed by atoms with Crippen LogP contribution in [0.3, 0.4) is 0 Å². The minimum absolute atomic E-state index is 0.0603. The second-order valence-electron chi connectivity index (χ2n) is 8.11. The molecule has 2 aliphatic rings. The number of hydrogen-bond donors (Lipinski definition) is 1. The summed E-state index contributed by atoms with van der Waals surface area (Å²) in [5.41, 5.74) is 1.40. The van der Waals surface area contributed by atoms with Crippen LogP contribution in [0.25, 0.3) is 11.4 Å². The van der Waals surface area contributed by atoms with Crippen LogP contribution in [0.5, 0.6) is 11.5 Å². The predicted octanol–water partition coefficient (Wildman–Crippen LogP) is 4.16. The van der Waals surface area contributed by atoms with Gasteiger partial charge in [-0.25, -0.2) is 4.39 Å². The molecule has 1 fully saturated rings. The van der Waals surface area contributed by atoms with Crippen molar-refractivity contribution in [1.29, 1.82) is 0 Å². The van der Waals surface area contributed by atoms with Crippen molar-refractivity contribution in [3.63, 3.8) is 0 Å². The van der Waals surface area contributed by atoms with Crippen molar-refractivity contribution in [2.24, 2.45) is 0 Å². The van der Waals surface area contributed by atoms with Gasteiger partial charge in [-0.2, -0.15) is 0 Å². The largest absolute Gasteiger partial charge is 0.490 e. The number of halogens is 1. The SMILES string of the molecule is O=C(CSc1nnc(-c2ccc(F)cc2)n1CC1CCCO1)Nc1ccc2c(c1)OCCCO2. The summed E-state index contributed by atoms with van der Waals surface area (Å²) < 4.78 is 32.5. The second kappa shape index (κ2) is 10.4. The third-order valence-corrected chi connectivity index (χ3v) is 6.56. The molecule has 5 rings (SSSR count). The summed E-state index contributed by atoms with van der Waals surface area (Å²) in [6.07, 6.45) is 2.85. The molecule has 178 valence electrons. The number of rotatable bonds is 7. The van der Waals surface area contributed by atoms with Gasteiger partial charge in [-0.1, -0.05) is 11.8 Å². The Labute approximate surface area is 200 Å². The van der Waals surface area contributed by atoms with E-state index in [-0.39, 0.29) is 23.6 Å². The zero-order valence-electron chi connectivity index (χ0n) is 18.5. The molecule has 2 aliphatic heterocycles. The molecule has 2 aromatic carbocycles. The third kappa shape index (κ3) is 5.34. The molecule has 1 N–H and O–H groups in total. The molecule has 3 heterocycles. The summed E-state index contributed by atoms with van der Waals surface area (Å²) in [7, 11) is 0. The highest BCUT2D eigenvalue weighted by atomic mass is 32.2. The van der Waals surface area contributed by atoms with Crippen LogP contribution < -0.4 is 14.8 Å². The Bertz CT molecular complexity index is 1150. The third-order valence-electron chi connectivity index (χ3n) is 5.59. The molecule has 0 saturated carbocycles. The monoisotopic (exact) mass is 484 g/mol. The number of ether oxygens (including phenoxy) is 3.